The van der Waals surface area contributed by atoms with Crippen LogP contribution in [0.4, 0.5) is 18.9 Å². The SMILES string of the molecule is CC(Oc1ccc2ccccc2c1)C(=O)Nc1cc(C(F)(F)F)ccc1Cl. The normalized spacial score (nSPS) is 12.6. The Kier molecular flexibility index (Phi) is 5.28. The third kappa shape index (κ3) is 4.52. The number of alkyl halides is 3. The van der Waals surface area contributed by atoms with Crippen molar-refractivity contribution < 1.29 is 22.7 Å². The van der Waals surface area contributed by atoms with E-state index >= 15 is 0 Å². The minimum atomic E-state index is -4.53. The van der Waals surface area contributed by atoms with Crippen molar-refractivity contribution in [2.24, 2.45) is 0 Å². The molecule has 0 heterocycles. The number of hydrogen-bond donors (Lipinski definition) is 1. The quantitative estimate of drug-likeness (QED) is 0.597. The molecule has 27 heavy (non-hydrogen) atoms. The van der Waals surface area contributed by atoms with Gasteiger partial charge in [0.25, 0.3) is 5.91 Å². The summed E-state index contributed by atoms with van der Waals surface area (Å²) >= 11 is 5.90. The first-order valence-corrected chi connectivity index (χ1v) is 8.45. The van der Waals surface area contributed by atoms with E-state index in [-0.39, 0.29) is 10.7 Å². The number of amides is 1. The third-order valence-corrected chi connectivity index (χ3v) is 4.28. The predicted octanol–water partition coefficient (Wildman–Crippen LogP) is 5.92. The van der Waals surface area contributed by atoms with Crippen LogP contribution in [0.5, 0.6) is 5.75 Å². The predicted molar refractivity (Wildman–Crippen MR) is 99.1 cm³/mol. The molecule has 7 heteroatoms. The fourth-order valence-electron chi connectivity index (χ4n) is 2.53. The second-order valence-corrected chi connectivity index (χ2v) is 6.36. The summed E-state index contributed by atoms with van der Waals surface area (Å²) in [6, 6.07) is 15.8. The molecule has 0 saturated heterocycles. The summed E-state index contributed by atoms with van der Waals surface area (Å²) < 4.78 is 44.1. The highest BCUT2D eigenvalue weighted by Gasteiger charge is 2.31. The standard InChI is InChI=1S/C20H15ClF3NO2/c1-12(27-16-8-6-13-4-2-3-5-14(13)10-16)19(26)25-18-11-15(20(22,23)24)7-9-17(18)21/h2-12H,1H3,(H,25,26). The van der Waals surface area contributed by atoms with Gasteiger partial charge >= 0.3 is 6.18 Å². The van der Waals surface area contributed by atoms with Crippen LogP contribution in [0.25, 0.3) is 10.8 Å². The number of rotatable bonds is 4. The number of halogens is 4. The molecule has 140 valence electrons. The molecule has 3 nitrogen and oxygen atoms in total. The lowest BCUT2D eigenvalue weighted by atomic mass is 10.1. The number of carbonyl (C=O) groups is 1. The second-order valence-electron chi connectivity index (χ2n) is 5.95. The molecule has 1 N–H and O–H groups in total. The zero-order chi connectivity index (χ0) is 19.6. The van der Waals surface area contributed by atoms with E-state index in [1.807, 2.05) is 30.3 Å². The Morgan fingerprint density at radius 1 is 1.04 bits per heavy atom. The lowest BCUT2D eigenvalue weighted by Gasteiger charge is -2.16. The van der Waals surface area contributed by atoms with Crippen molar-refractivity contribution in [2.75, 3.05) is 5.32 Å². The molecule has 0 aliphatic rings. The maximum absolute atomic E-state index is 12.8. The summed E-state index contributed by atoms with van der Waals surface area (Å²) in [4.78, 5) is 12.3. The first-order valence-electron chi connectivity index (χ1n) is 8.07. The van der Waals surface area contributed by atoms with Gasteiger partial charge in [-0.3, -0.25) is 4.79 Å². The Balaban J connectivity index is 1.73. The van der Waals surface area contributed by atoms with E-state index in [1.165, 1.54) is 6.92 Å². The van der Waals surface area contributed by atoms with Crippen molar-refractivity contribution in [1.29, 1.82) is 0 Å². The van der Waals surface area contributed by atoms with Crippen LogP contribution in [0, 0.1) is 0 Å². The van der Waals surface area contributed by atoms with Crippen molar-refractivity contribution in [2.45, 2.75) is 19.2 Å². The maximum atomic E-state index is 12.8. The summed E-state index contributed by atoms with van der Waals surface area (Å²) in [5.41, 5.74) is -1.02. The fraction of sp³-hybridized carbons (Fsp3) is 0.150. The molecule has 0 saturated carbocycles. The number of benzene rings is 3. The maximum Gasteiger partial charge on any atom is 0.416 e. The van der Waals surface area contributed by atoms with Gasteiger partial charge in [0.1, 0.15) is 5.75 Å². The molecule has 0 spiro atoms. The second kappa shape index (κ2) is 7.48. The summed E-state index contributed by atoms with van der Waals surface area (Å²) in [6.45, 7) is 1.51. The van der Waals surface area contributed by atoms with Gasteiger partial charge in [0.15, 0.2) is 6.10 Å². The van der Waals surface area contributed by atoms with Gasteiger partial charge in [-0.15, -0.1) is 0 Å². The Morgan fingerprint density at radius 2 is 1.74 bits per heavy atom. The van der Waals surface area contributed by atoms with Crippen molar-refractivity contribution in [1.82, 2.24) is 0 Å². The van der Waals surface area contributed by atoms with Crippen LogP contribution >= 0.6 is 11.6 Å². The Morgan fingerprint density at radius 3 is 2.44 bits per heavy atom. The number of anilines is 1. The molecule has 1 amide bonds. The monoisotopic (exact) mass is 393 g/mol. The molecule has 3 aromatic carbocycles. The molecule has 0 fully saturated rings. The van der Waals surface area contributed by atoms with Gasteiger partial charge in [0.2, 0.25) is 0 Å². The summed E-state index contributed by atoms with van der Waals surface area (Å²) in [5, 5.41) is 4.37. The molecule has 0 aromatic heterocycles. The van der Waals surface area contributed by atoms with E-state index < -0.39 is 23.8 Å². The third-order valence-electron chi connectivity index (χ3n) is 3.95. The Hall–Kier alpha value is -2.73. The topological polar surface area (TPSA) is 38.3 Å². The van der Waals surface area contributed by atoms with E-state index in [1.54, 1.807) is 12.1 Å². The van der Waals surface area contributed by atoms with Crippen LogP contribution in [-0.2, 0) is 11.0 Å². The summed E-state index contributed by atoms with van der Waals surface area (Å²) in [6.07, 6.45) is -5.46. The van der Waals surface area contributed by atoms with Gasteiger partial charge in [0.05, 0.1) is 16.3 Å². The zero-order valence-electron chi connectivity index (χ0n) is 14.2. The van der Waals surface area contributed by atoms with Crippen LogP contribution in [0.1, 0.15) is 12.5 Å². The summed E-state index contributed by atoms with van der Waals surface area (Å²) in [7, 11) is 0. The first kappa shape index (κ1) is 19.0. The van der Waals surface area contributed by atoms with Gasteiger partial charge in [-0.1, -0.05) is 41.9 Å². The highest BCUT2D eigenvalue weighted by molar-refractivity contribution is 6.33. The van der Waals surface area contributed by atoms with E-state index in [0.29, 0.717) is 5.75 Å². The molecule has 1 atom stereocenters. The van der Waals surface area contributed by atoms with Crippen LogP contribution in [-0.4, -0.2) is 12.0 Å². The molecular weight excluding hydrogens is 379 g/mol. The number of ether oxygens (including phenoxy) is 1. The van der Waals surface area contributed by atoms with Crippen molar-refractivity contribution in [3.05, 3.63) is 71.2 Å². The van der Waals surface area contributed by atoms with Gasteiger partial charge in [-0.05, 0) is 48.0 Å². The van der Waals surface area contributed by atoms with E-state index in [9.17, 15) is 18.0 Å². The van der Waals surface area contributed by atoms with Gasteiger partial charge in [-0.25, -0.2) is 0 Å². The zero-order valence-corrected chi connectivity index (χ0v) is 14.9. The lowest BCUT2D eigenvalue weighted by molar-refractivity contribution is -0.137. The highest BCUT2D eigenvalue weighted by atomic mass is 35.5. The smallest absolute Gasteiger partial charge is 0.416 e. The number of fused-ring (bicyclic) bond motifs is 1. The fourth-order valence-corrected chi connectivity index (χ4v) is 2.69. The molecule has 0 radical (unpaired) electrons. The van der Waals surface area contributed by atoms with Gasteiger partial charge in [-0.2, -0.15) is 13.2 Å². The lowest BCUT2D eigenvalue weighted by Crippen LogP contribution is -2.30. The molecule has 3 rings (SSSR count). The minimum Gasteiger partial charge on any atom is -0.481 e. The van der Waals surface area contributed by atoms with E-state index in [2.05, 4.69) is 5.32 Å². The highest BCUT2D eigenvalue weighted by Crippen LogP contribution is 2.34. The number of carbonyl (C=O) groups excluding carboxylic acids is 1. The van der Waals surface area contributed by atoms with E-state index in [0.717, 1.165) is 29.0 Å². The largest absolute Gasteiger partial charge is 0.481 e. The van der Waals surface area contributed by atoms with E-state index in [4.69, 9.17) is 16.3 Å². The molecule has 0 aliphatic carbocycles. The number of nitrogens with one attached hydrogen (secondary N) is 1. The average Bonchev–Trinajstić information content (AvgIpc) is 2.62. The van der Waals surface area contributed by atoms with Gasteiger partial charge in [0, 0.05) is 0 Å². The van der Waals surface area contributed by atoms with Crippen molar-refractivity contribution in [3.63, 3.8) is 0 Å². The molecule has 1 unspecified atom stereocenters. The van der Waals surface area contributed by atoms with Crippen LogP contribution in [0.2, 0.25) is 5.02 Å². The Labute approximate surface area is 158 Å². The molecular formula is C20H15ClF3NO2. The van der Waals surface area contributed by atoms with Crippen LogP contribution in [0.15, 0.2) is 60.7 Å². The molecule has 0 aliphatic heterocycles. The summed E-state index contributed by atoms with van der Waals surface area (Å²) in [5.74, 6) is -0.129. The molecule has 3 aromatic rings. The Bertz CT molecular complexity index is 988. The van der Waals surface area contributed by atoms with Crippen LogP contribution in [0.3, 0.4) is 0 Å². The van der Waals surface area contributed by atoms with Gasteiger partial charge < -0.3 is 10.1 Å². The van der Waals surface area contributed by atoms with Crippen molar-refractivity contribution >= 4 is 34.0 Å². The van der Waals surface area contributed by atoms with Crippen molar-refractivity contribution in [3.8, 4) is 5.75 Å². The molecule has 0 bridgehead atoms. The minimum absolute atomic E-state index is 0.00857. The number of hydrogen-bond acceptors (Lipinski definition) is 2. The van der Waals surface area contributed by atoms with Crippen LogP contribution < -0.4 is 10.1 Å². The average molecular weight is 394 g/mol. The first-order chi connectivity index (χ1) is 12.7.